The van der Waals surface area contributed by atoms with Crippen LogP contribution in [0.4, 0.5) is 0 Å². The average Bonchev–Trinajstić information content (AvgIpc) is 2.48. The zero-order valence-corrected chi connectivity index (χ0v) is 12.2. The van der Waals surface area contributed by atoms with Crippen molar-refractivity contribution in [3.63, 3.8) is 0 Å². The van der Waals surface area contributed by atoms with E-state index in [4.69, 9.17) is 0 Å². The molecule has 0 bridgehead atoms. The predicted octanol–water partition coefficient (Wildman–Crippen LogP) is 3.15. The van der Waals surface area contributed by atoms with Crippen LogP contribution in [0.1, 0.15) is 18.9 Å². The SMILES string of the molecule is CC[C](Cc1ccccc1)NS(=O)(=O)c1ccccc1. The molecule has 3 nitrogen and oxygen atoms in total. The zero-order valence-electron chi connectivity index (χ0n) is 11.4. The molecule has 0 aromatic heterocycles. The Balaban J connectivity index is 2.10. The third-order valence-electron chi connectivity index (χ3n) is 3.02. The number of hydrogen-bond donors (Lipinski definition) is 1. The largest absolute Gasteiger partial charge is 0.241 e. The fraction of sp³-hybridized carbons (Fsp3) is 0.188. The summed E-state index contributed by atoms with van der Waals surface area (Å²) in [6.07, 6.45) is 1.28. The molecule has 0 fully saturated rings. The lowest BCUT2D eigenvalue weighted by atomic mass is 10.1. The average molecular weight is 288 g/mol. The van der Waals surface area contributed by atoms with E-state index < -0.39 is 10.0 Å². The zero-order chi connectivity index (χ0) is 14.4. The van der Waals surface area contributed by atoms with Crippen LogP contribution in [0.5, 0.6) is 0 Å². The fourth-order valence-electron chi connectivity index (χ4n) is 1.92. The van der Waals surface area contributed by atoms with Crippen molar-refractivity contribution in [1.82, 2.24) is 4.72 Å². The number of rotatable bonds is 6. The predicted molar refractivity (Wildman–Crippen MR) is 80.4 cm³/mol. The van der Waals surface area contributed by atoms with Gasteiger partial charge in [0, 0.05) is 0 Å². The summed E-state index contributed by atoms with van der Waals surface area (Å²) in [6.45, 7) is 1.95. The minimum Gasteiger partial charge on any atom is -0.207 e. The molecule has 4 heteroatoms. The van der Waals surface area contributed by atoms with Crippen molar-refractivity contribution >= 4 is 10.0 Å². The van der Waals surface area contributed by atoms with E-state index in [9.17, 15) is 8.42 Å². The molecule has 0 unspecified atom stereocenters. The van der Waals surface area contributed by atoms with Gasteiger partial charge >= 0.3 is 0 Å². The molecule has 105 valence electrons. The highest BCUT2D eigenvalue weighted by Crippen LogP contribution is 2.16. The van der Waals surface area contributed by atoms with Crippen molar-refractivity contribution in [1.29, 1.82) is 0 Å². The van der Waals surface area contributed by atoms with Crippen LogP contribution in [-0.4, -0.2) is 8.42 Å². The highest BCUT2D eigenvalue weighted by Gasteiger charge is 2.19. The van der Waals surface area contributed by atoms with Crippen LogP contribution < -0.4 is 4.72 Å². The molecule has 0 heterocycles. The summed E-state index contributed by atoms with van der Waals surface area (Å²) in [6, 6.07) is 19.1. The van der Waals surface area contributed by atoms with Gasteiger partial charge in [0.15, 0.2) is 0 Å². The van der Waals surface area contributed by atoms with Crippen LogP contribution in [0.15, 0.2) is 65.6 Å². The highest BCUT2D eigenvalue weighted by molar-refractivity contribution is 7.89. The van der Waals surface area contributed by atoms with E-state index in [2.05, 4.69) is 4.72 Å². The molecular weight excluding hydrogens is 270 g/mol. The fourth-order valence-corrected chi connectivity index (χ4v) is 3.15. The molecule has 20 heavy (non-hydrogen) atoms. The maximum Gasteiger partial charge on any atom is 0.241 e. The van der Waals surface area contributed by atoms with Crippen molar-refractivity contribution in [2.45, 2.75) is 24.7 Å². The second-order valence-electron chi connectivity index (χ2n) is 4.54. The lowest BCUT2D eigenvalue weighted by Crippen LogP contribution is -2.29. The minimum atomic E-state index is -3.48. The molecule has 0 aliphatic rings. The summed E-state index contributed by atoms with van der Waals surface area (Å²) < 4.78 is 27.2. The standard InChI is InChI=1S/C16H18NO2S/c1-2-15(13-14-9-5-3-6-10-14)17-20(18,19)16-11-7-4-8-12-16/h3-12,17H,2,13H2,1H3. The first kappa shape index (κ1) is 14.8. The first-order chi connectivity index (χ1) is 9.62. The van der Waals surface area contributed by atoms with Crippen molar-refractivity contribution in [3.8, 4) is 0 Å². The van der Waals surface area contributed by atoms with Gasteiger partial charge < -0.3 is 0 Å². The molecule has 0 aliphatic carbocycles. The van der Waals surface area contributed by atoms with Gasteiger partial charge in [-0.1, -0.05) is 55.5 Å². The van der Waals surface area contributed by atoms with Crippen LogP contribution in [-0.2, 0) is 16.4 Å². The second kappa shape index (κ2) is 6.68. The Morgan fingerprint density at radius 3 is 2.05 bits per heavy atom. The molecule has 0 saturated heterocycles. The quantitative estimate of drug-likeness (QED) is 0.887. The topological polar surface area (TPSA) is 46.2 Å². The summed E-state index contributed by atoms with van der Waals surface area (Å²) in [5.41, 5.74) is 1.10. The van der Waals surface area contributed by atoms with Gasteiger partial charge in [-0.2, -0.15) is 0 Å². The van der Waals surface area contributed by atoms with Gasteiger partial charge in [0.1, 0.15) is 0 Å². The smallest absolute Gasteiger partial charge is 0.207 e. The Morgan fingerprint density at radius 1 is 0.950 bits per heavy atom. The van der Waals surface area contributed by atoms with Crippen LogP contribution in [0.2, 0.25) is 0 Å². The molecule has 0 aliphatic heterocycles. The summed E-state index contributed by atoms with van der Waals surface area (Å²) in [5.74, 6) is 0. The number of benzene rings is 2. The highest BCUT2D eigenvalue weighted by atomic mass is 32.2. The summed E-state index contributed by atoms with van der Waals surface area (Å²) in [5, 5.41) is 0. The Labute approximate surface area is 120 Å². The lowest BCUT2D eigenvalue weighted by molar-refractivity contribution is 0.576. The molecular formula is C16H18NO2S. The Hall–Kier alpha value is -1.65. The van der Waals surface area contributed by atoms with Gasteiger partial charge in [-0.3, -0.25) is 0 Å². The minimum absolute atomic E-state index is 0.291. The van der Waals surface area contributed by atoms with Crippen LogP contribution >= 0.6 is 0 Å². The van der Waals surface area contributed by atoms with Gasteiger partial charge in [-0.05, 0) is 30.5 Å². The third kappa shape index (κ3) is 3.92. The molecule has 2 rings (SSSR count). The Kier molecular flexibility index (Phi) is 4.93. The van der Waals surface area contributed by atoms with Crippen molar-refractivity contribution in [3.05, 3.63) is 72.3 Å². The number of hydrogen-bond acceptors (Lipinski definition) is 2. The second-order valence-corrected chi connectivity index (χ2v) is 6.22. The van der Waals surface area contributed by atoms with Gasteiger partial charge in [0.2, 0.25) is 10.0 Å². The maximum atomic E-state index is 12.3. The third-order valence-corrected chi connectivity index (χ3v) is 4.47. The normalized spacial score (nSPS) is 11.7. The summed E-state index contributed by atoms with van der Waals surface area (Å²) >= 11 is 0. The molecule has 2 aromatic carbocycles. The van der Waals surface area contributed by atoms with Gasteiger partial charge in [-0.15, -0.1) is 0 Å². The van der Waals surface area contributed by atoms with E-state index in [0.717, 1.165) is 11.6 Å². The van der Waals surface area contributed by atoms with Crippen molar-refractivity contribution < 1.29 is 8.42 Å². The van der Waals surface area contributed by atoms with Crippen LogP contribution in [0.25, 0.3) is 0 Å². The van der Waals surface area contributed by atoms with Crippen molar-refractivity contribution in [2.24, 2.45) is 0 Å². The monoisotopic (exact) mass is 288 g/mol. The molecule has 0 spiro atoms. The maximum absolute atomic E-state index is 12.3. The summed E-state index contributed by atoms with van der Waals surface area (Å²) in [4.78, 5) is 0.291. The van der Waals surface area contributed by atoms with E-state index in [1.165, 1.54) is 0 Å². The molecule has 1 radical (unpaired) electrons. The van der Waals surface area contributed by atoms with Gasteiger partial charge in [0.25, 0.3) is 0 Å². The van der Waals surface area contributed by atoms with E-state index in [0.29, 0.717) is 17.7 Å². The first-order valence-corrected chi connectivity index (χ1v) is 8.06. The number of sulfonamides is 1. The molecule has 2 aromatic rings. The molecule has 0 saturated carbocycles. The summed E-state index contributed by atoms with van der Waals surface area (Å²) in [7, 11) is -3.48. The van der Waals surface area contributed by atoms with Crippen molar-refractivity contribution in [2.75, 3.05) is 0 Å². The van der Waals surface area contributed by atoms with E-state index in [1.807, 2.05) is 37.3 Å². The Bertz CT molecular complexity index is 624. The van der Waals surface area contributed by atoms with E-state index in [1.54, 1.807) is 30.3 Å². The molecule has 1 N–H and O–H groups in total. The Morgan fingerprint density at radius 2 is 1.50 bits per heavy atom. The lowest BCUT2D eigenvalue weighted by Gasteiger charge is -2.16. The number of nitrogens with one attached hydrogen (secondary N) is 1. The van der Waals surface area contributed by atoms with Crippen LogP contribution in [0, 0.1) is 6.04 Å². The van der Waals surface area contributed by atoms with E-state index in [-0.39, 0.29) is 0 Å². The van der Waals surface area contributed by atoms with E-state index >= 15 is 0 Å². The molecule has 0 atom stereocenters. The molecule has 0 amide bonds. The first-order valence-electron chi connectivity index (χ1n) is 6.58. The van der Waals surface area contributed by atoms with Crippen LogP contribution in [0.3, 0.4) is 0 Å². The van der Waals surface area contributed by atoms with Gasteiger partial charge in [0.05, 0.1) is 10.9 Å². The van der Waals surface area contributed by atoms with Gasteiger partial charge in [-0.25, -0.2) is 13.1 Å².